The van der Waals surface area contributed by atoms with E-state index in [1.807, 2.05) is 48.5 Å². The van der Waals surface area contributed by atoms with Gasteiger partial charge in [-0.1, -0.05) is 25.7 Å². The van der Waals surface area contributed by atoms with Gasteiger partial charge in [0.2, 0.25) is 0 Å². The van der Waals surface area contributed by atoms with Crippen molar-refractivity contribution in [2.45, 2.75) is 64.2 Å². The van der Waals surface area contributed by atoms with Crippen molar-refractivity contribution in [1.82, 2.24) is 9.80 Å². The van der Waals surface area contributed by atoms with Crippen LogP contribution in [0.3, 0.4) is 0 Å². The van der Waals surface area contributed by atoms with Crippen LogP contribution in [0, 0.1) is 11.8 Å². The molecule has 2 fully saturated rings. The molecule has 2 aliphatic heterocycles. The van der Waals surface area contributed by atoms with Gasteiger partial charge in [0.1, 0.15) is 11.5 Å². The van der Waals surface area contributed by atoms with Crippen molar-refractivity contribution in [3.05, 3.63) is 59.7 Å². The average molecular weight is 549 g/mol. The predicted octanol–water partition coefficient (Wildman–Crippen LogP) is 6.53. The maximum Gasteiger partial charge on any atom is 0.167 e. The predicted molar refractivity (Wildman–Crippen MR) is 161 cm³/mol. The second-order valence-electron chi connectivity index (χ2n) is 11.6. The highest BCUT2D eigenvalue weighted by atomic mass is 16.5. The Morgan fingerprint density at radius 3 is 1.27 bits per heavy atom. The summed E-state index contributed by atoms with van der Waals surface area (Å²) in [4.78, 5) is 32.2. The molecule has 2 saturated heterocycles. The molecule has 2 aromatic carbocycles. The number of likely N-dealkylation sites (tertiary alicyclic amines) is 2. The minimum Gasteiger partial charge on any atom is -0.497 e. The largest absolute Gasteiger partial charge is 0.497 e. The lowest BCUT2D eigenvalue weighted by atomic mass is 9.88. The number of ether oxygens (including phenoxy) is 2. The van der Waals surface area contributed by atoms with Crippen LogP contribution in [0.1, 0.15) is 84.9 Å². The molecule has 2 heterocycles. The van der Waals surface area contributed by atoms with Gasteiger partial charge in [-0.05, 0) is 113 Å². The van der Waals surface area contributed by atoms with Crippen molar-refractivity contribution in [3.8, 4) is 11.5 Å². The van der Waals surface area contributed by atoms with Crippen LogP contribution in [-0.2, 0) is 0 Å². The Morgan fingerprint density at radius 1 is 0.600 bits per heavy atom. The zero-order valence-electron chi connectivity index (χ0n) is 24.6. The number of carbonyl (C=O) groups excluding carboxylic acids is 2. The summed E-state index contributed by atoms with van der Waals surface area (Å²) in [6, 6.07) is 15.1. The first-order valence-electron chi connectivity index (χ1n) is 15.4. The Labute approximate surface area is 241 Å². The van der Waals surface area contributed by atoms with Gasteiger partial charge in [0.15, 0.2) is 11.6 Å². The van der Waals surface area contributed by atoms with Gasteiger partial charge in [-0.25, -0.2) is 0 Å². The number of rotatable bonds is 15. The van der Waals surface area contributed by atoms with Gasteiger partial charge >= 0.3 is 0 Å². The van der Waals surface area contributed by atoms with Crippen LogP contribution in [0.5, 0.6) is 11.5 Å². The van der Waals surface area contributed by atoms with E-state index in [1.165, 1.54) is 38.5 Å². The van der Waals surface area contributed by atoms with Crippen molar-refractivity contribution >= 4 is 11.6 Å². The molecule has 0 bridgehead atoms. The minimum absolute atomic E-state index is 0.0238. The molecule has 2 atom stereocenters. The van der Waals surface area contributed by atoms with Gasteiger partial charge in [0.25, 0.3) is 0 Å². The second-order valence-corrected chi connectivity index (χ2v) is 11.6. The Kier molecular flexibility index (Phi) is 12.0. The highest BCUT2D eigenvalue weighted by Crippen LogP contribution is 2.25. The summed E-state index contributed by atoms with van der Waals surface area (Å²) in [5.41, 5.74) is 1.53. The lowest BCUT2D eigenvalue weighted by Crippen LogP contribution is -2.37. The summed E-state index contributed by atoms with van der Waals surface area (Å²) in [5, 5.41) is 0. The highest BCUT2D eigenvalue weighted by Gasteiger charge is 2.26. The minimum atomic E-state index is -0.0238. The third kappa shape index (κ3) is 8.90. The van der Waals surface area contributed by atoms with Crippen LogP contribution >= 0.6 is 0 Å². The van der Waals surface area contributed by atoms with Gasteiger partial charge in [-0.3, -0.25) is 9.59 Å². The Morgan fingerprint density at radius 2 is 0.950 bits per heavy atom. The number of ketones is 2. The van der Waals surface area contributed by atoms with E-state index in [9.17, 15) is 9.59 Å². The monoisotopic (exact) mass is 548 g/mol. The van der Waals surface area contributed by atoms with E-state index in [0.29, 0.717) is 0 Å². The summed E-state index contributed by atoms with van der Waals surface area (Å²) in [7, 11) is 3.29. The molecule has 6 heteroatoms. The molecule has 0 N–H and O–H groups in total. The van der Waals surface area contributed by atoms with Gasteiger partial charge in [0, 0.05) is 36.1 Å². The number of carbonyl (C=O) groups is 2. The zero-order chi connectivity index (χ0) is 28.2. The molecule has 218 valence electrons. The number of hydrogen-bond acceptors (Lipinski definition) is 6. The van der Waals surface area contributed by atoms with Crippen LogP contribution < -0.4 is 9.47 Å². The molecule has 0 spiro atoms. The van der Waals surface area contributed by atoms with E-state index >= 15 is 0 Å². The number of benzene rings is 2. The smallest absolute Gasteiger partial charge is 0.167 e. The molecule has 4 rings (SSSR count). The fourth-order valence-electron chi connectivity index (χ4n) is 6.28. The van der Waals surface area contributed by atoms with Gasteiger partial charge in [-0.15, -0.1) is 0 Å². The second kappa shape index (κ2) is 15.9. The summed E-state index contributed by atoms with van der Waals surface area (Å²) in [5.74, 6) is 1.95. The molecule has 0 aromatic heterocycles. The summed E-state index contributed by atoms with van der Waals surface area (Å²) < 4.78 is 10.6. The van der Waals surface area contributed by atoms with Crippen LogP contribution in [-0.4, -0.2) is 74.9 Å². The zero-order valence-corrected chi connectivity index (χ0v) is 24.6. The molecule has 0 aliphatic carbocycles. The number of hydrogen-bond donors (Lipinski definition) is 0. The lowest BCUT2D eigenvalue weighted by Gasteiger charge is -2.31. The fourth-order valence-corrected chi connectivity index (χ4v) is 6.28. The molecule has 2 aliphatic rings. The SMILES string of the molecule is COc1ccc(C(=O)[C@H](CCCC[C@@H](CN2CCCCC2)C(=O)c2ccc(OC)cc2)CN2CCCCC2)cc1. The van der Waals surface area contributed by atoms with Crippen molar-refractivity contribution in [1.29, 1.82) is 0 Å². The molecule has 40 heavy (non-hydrogen) atoms. The van der Waals surface area contributed by atoms with Crippen molar-refractivity contribution in [3.63, 3.8) is 0 Å². The molecular formula is C34H48N2O4. The number of unbranched alkanes of at least 4 members (excludes halogenated alkanes) is 1. The quantitative estimate of drug-likeness (QED) is 0.186. The Hall–Kier alpha value is -2.70. The Bertz CT molecular complexity index is 955. The van der Waals surface area contributed by atoms with Crippen molar-refractivity contribution in [2.75, 3.05) is 53.5 Å². The van der Waals surface area contributed by atoms with E-state index < -0.39 is 0 Å². The summed E-state index contributed by atoms with van der Waals surface area (Å²) in [6.45, 7) is 5.99. The van der Waals surface area contributed by atoms with E-state index in [4.69, 9.17) is 9.47 Å². The van der Waals surface area contributed by atoms with Crippen LogP contribution in [0.4, 0.5) is 0 Å². The standard InChI is InChI=1S/C34H48N2O4/c1-39-31-17-13-27(14-18-31)33(37)29(25-35-21-7-3-8-22-35)11-5-6-12-30(26-36-23-9-4-10-24-36)34(38)28-15-19-32(40-2)20-16-28/h13-20,29-30H,3-12,21-26H2,1-2H3/t29-,30+. The molecule has 0 radical (unpaired) electrons. The molecule has 2 aromatic rings. The van der Waals surface area contributed by atoms with Gasteiger partial charge < -0.3 is 19.3 Å². The first kappa shape index (κ1) is 30.3. The maximum absolute atomic E-state index is 13.6. The molecule has 0 amide bonds. The molecule has 0 saturated carbocycles. The van der Waals surface area contributed by atoms with Gasteiger partial charge in [-0.2, -0.15) is 0 Å². The van der Waals surface area contributed by atoms with E-state index in [2.05, 4.69) is 9.80 Å². The van der Waals surface area contributed by atoms with Crippen molar-refractivity contribution in [2.24, 2.45) is 11.8 Å². The van der Waals surface area contributed by atoms with Crippen LogP contribution in [0.25, 0.3) is 0 Å². The van der Waals surface area contributed by atoms with Crippen LogP contribution in [0.15, 0.2) is 48.5 Å². The third-order valence-electron chi connectivity index (χ3n) is 8.70. The average Bonchev–Trinajstić information content (AvgIpc) is 3.02. The van der Waals surface area contributed by atoms with E-state index in [-0.39, 0.29) is 23.4 Å². The van der Waals surface area contributed by atoms with E-state index in [0.717, 1.165) is 87.6 Å². The Balaban J connectivity index is 1.39. The molecule has 6 nitrogen and oxygen atoms in total. The summed E-state index contributed by atoms with van der Waals surface area (Å²) >= 11 is 0. The van der Waals surface area contributed by atoms with Crippen molar-refractivity contribution < 1.29 is 19.1 Å². The summed E-state index contributed by atoms with van der Waals surface area (Å²) in [6.07, 6.45) is 11.1. The highest BCUT2D eigenvalue weighted by molar-refractivity contribution is 5.98. The van der Waals surface area contributed by atoms with Crippen LogP contribution in [0.2, 0.25) is 0 Å². The number of Topliss-reactive ketones (excluding diaryl/α,β-unsaturated/α-hetero) is 2. The number of piperidine rings is 2. The lowest BCUT2D eigenvalue weighted by molar-refractivity contribution is 0.0833. The number of methoxy groups -OCH3 is 2. The maximum atomic E-state index is 13.6. The first-order chi connectivity index (χ1) is 19.6. The van der Waals surface area contributed by atoms with Gasteiger partial charge in [0.05, 0.1) is 14.2 Å². The first-order valence-corrected chi connectivity index (χ1v) is 15.4. The fraction of sp³-hybridized carbons (Fsp3) is 0.588. The molecular weight excluding hydrogens is 500 g/mol. The number of nitrogens with zero attached hydrogens (tertiary/aromatic N) is 2. The normalized spacial score (nSPS) is 18.1. The third-order valence-corrected chi connectivity index (χ3v) is 8.70. The topological polar surface area (TPSA) is 59.1 Å². The van der Waals surface area contributed by atoms with E-state index in [1.54, 1.807) is 14.2 Å². The molecule has 0 unspecified atom stereocenters.